The van der Waals surface area contributed by atoms with Crippen molar-refractivity contribution in [1.29, 1.82) is 0 Å². The highest BCUT2D eigenvalue weighted by molar-refractivity contribution is 5.78. The summed E-state index contributed by atoms with van der Waals surface area (Å²) >= 11 is 0. The minimum atomic E-state index is 0.000184. The number of hydrogen-bond acceptors (Lipinski definition) is 3. The zero-order valence-corrected chi connectivity index (χ0v) is 12.5. The Morgan fingerprint density at radius 3 is 2.95 bits per heavy atom. The third-order valence-electron chi connectivity index (χ3n) is 4.14. The predicted molar refractivity (Wildman–Crippen MR) is 76.6 cm³/mol. The third kappa shape index (κ3) is 2.59. The molecular weight excluding hydrogens is 270 g/mol. The third-order valence-corrected chi connectivity index (χ3v) is 4.14. The second-order valence-electron chi connectivity index (χ2n) is 5.92. The number of fused-ring (bicyclic) bond motifs is 1. The van der Waals surface area contributed by atoms with Gasteiger partial charge in [0.25, 0.3) is 0 Å². The van der Waals surface area contributed by atoms with Crippen molar-refractivity contribution in [1.82, 2.24) is 24.5 Å². The number of aromatic nitrogens is 2. The fraction of sp³-hybridized carbons (Fsp3) is 0.643. The summed E-state index contributed by atoms with van der Waals surface area (Å²) < 4.78 is 1.96. The SMILES string of the molecule is CN(C)C(=O)N1Cc2ccnn2[C@H](CN2CCCC2=O)C1. The Morgan fingerprint density at radius 2 is 2.29 bits per heavy atom. The number of amides is 3. The van der Waals surface area contributed by atoms with Crippen LogP contribution in [0.2, 0.25) is 0 Å². The summed E-state index contributed by atoms with van der Waals surface area (Å²) in [5, 5.41) is 4.37. The van der Waals surface area contributed by atoms with Crippen LogP contribution in [0, 0.1) is 0 Å². The first-order valence-corrected chi connectivity index (χ1v) is 7.32. The van der Waals surface area contributed by atoms with Gasteiger partial charge in [0.1, 0.15) is 0 Å². The predicted octanol–water partition coefficient (Wildman–Crippen LogP) is 0.544. The van der Waals surface area contributed by atoms with Crippen LogP contribution in [-0.2, 0) is 11.3 Å². The lowest BCUT2D eigenvalue weighted by Gasteiger charge is -2.36. The van der Waals surface area contributed by atoms with E-state index in [2.05, 4.69) is 5.10 Å². The van der Waals surface area contributed by atoms with E-state index in [9.17, 15) is 9.59 Å². The lowest BCUT2D eigenvalue weighted by molar-refractivity contribution is -0.128. The molecule has 2 aliphatic heterocycles. The number of carbonyl (C=O) groups excluding carboxylic acids is 2. The topological polar surface area (TPSA) is 61.7 Å². The second kappa shape index (κ2) is 5.38. The molecule has 1 saturated heterocycles. The average Bonchev–Trinajstić information content (AvgIpc) is 3.07. The molecule has 0 aromatic carbocycles. The summed E-state index contributed by atoms with van der Waals surface area (Å²) in [5.74, 6) is 0.208. The first-order valence-electron chi connectivity index (χ1n) is 7.32. The van der Waals surface area contributed by atoms with Gasteiger partial charge in [-0.05, 0) is 12.5 Å². The van der Waals surface area contributed by atoms with Crippen LogP contribution in [0.4, 0.5) is 4.79 Å². The number of urea groups is 1. The first kappa shape index (κ1) is 13.9. The van der Waals surface area contributed by atoms with Gasteiger partial charge in [-0.3, -0.25) is 9.48 Å². The Kier molecular flexibility index (Phi) is 3.57. The van der Waals surface area contributed by atoms with Crippen molar-refractivity contribution in [3.63, 3.8) is 0 Å². The van der Waals surface area contributed by atoms with E-state index in [-0.39, 0.29) is 18.0 Å². The maximum Gasteiger partial charge on any atom is 0.319 e. The van der Waals surface area contributed by atoms with Crippen molar-refractivity contribution in [2.75, 3.05) is 33.7 Å². The van der Waals surface area contributed by atoms with Gasteiger partial charge in [-0.15, -0.1) is 0 Å². The van der Waals surface area contributed by atoms with E-state index in [1.165, 1.54) is 0 Å². The quantitative estimate of drug-likeness (QED) is 0.799. The first-order chi connectivity index (χ1) is 10.1. The fourth-order valence-electron chi connectivity index (χ4n) is 3.10. The van der Waals surface area contributed by atoms with Gasteiger partial charge < -0.3 is 14.7 Å². The van der Waals surface area contributed by atoms with Gasteiger partial charge >= 0.3 is 6.03 Å². The number of rotatable bonds is 2. The monoisotopic (exact) mass is 291 g/mol. The molecule has 0 bridgehead atoms. The molecule has 0 saturated carbocycles. The van der Waals surface area contributed by atoms with Crippen molar-refractivity contribution in [3.8, 4) is 0 Å². The Balaban J connectivity index is 1.79. The molecule has 114 valence electrons. The van der Waals surface area contributed by atoms with Crippen molar-refractivity contribution < 1.29 is 9.59 Å². The zero-order chi connectivity index (χ0) is 15.0. The maximum absolute atomic E-state index is 12.2. The lowest BCUT2D eigenvalue weighted by atomic mass is 10.2. The van der Waals surface area contributed by atoms with Crippen LogP contribution in [0.15, 0.2) is 12.3 Å². The smallest absolute Gasteiger partial charge is 0.319 e. The minimum absolute atomic E-state index is 0.000184. The van der Waals surface area contributed by atoms with Crippen molar-refractivity contribution in [3.05, 3.63) is 18.0 Å². The molecule has 0 spiro atoms. The molecule has 2 aliphatic rings. The average molecular weight is 291 g/mol. The molecule has 3 heterocycles. The largest absolute Gasteiger partial charge is 0.340 e. The maximum atomic E-state index is 12.2. The highest BCUT2D eigenvalue weighted by atomic mass is 16.2. The van der Waals surface area contributed by atoms with Crippen LogP contribution in [0.3, 0.4) is 0 Å². The van der Waals surface area contributed by atoms with Gasteiger partial charge in [0, 0.05) is 46.3 Å². The molecule has 1 aromatic heterocycles. The number of likely N-dealkylation sites (tertiary alicyclic amines) is 1. The Morgan fingerprint density at radius 1 is 1.48 bits per heavy atom. The number of carbonyl (C=O) groups is 2. The van der Waals surface area contributed by atoms with Gasteiger partial charge in [0.15, 0.2) is 0 Å². The number of nitrogens with zero attached hydrogens (tertiary/aromatic N) is 5. The summed E-state index contributed by atoms with van der Waals surface area (Å²) in [6, 6.07) is 1.98. The van der Waals surface area contributed by atoms with Crippen LogP contribution in [0.25, 0.3) is 0 Å². The van der Waals surface area contributed by atoms with E-state index in [4.69, 9.17) is 0 Å². The Labute approximate surface area is 124 Å². The molecule has 1 fully saturated rings. The minimum Gasteiger partial charge on any atom is -0.340 e. The Bertz CT molecular complexity index is 553. The molecule has 0 aliphatic carbocycles. The second-order valence-corrected chi connectivity index (χ2v) is 5.92. The highest BCUT2D eigenvalue weighted by Gasteiger charge is 2.32. The molecule has 1 aromatic rings. The Hall–Kier alpha value is -2.05. The summed E-state index contributed by atoms with van der Waals surface area (Å²) in [5.41, 5.74) is 1.02. The molecule has 7 heteroatoms. The summed E-state index contributed by atoms with van der Waals surface area (Å²) in [6.45, 7) is 2.61. The lowest BCUT2D eigenvalue weighted by Crippen LogP contribution is -2.48. The molecule has 0 unspecified atom stereocenters. The zero-order valence-electron chi connectivity index (χ0n) is 12.5. The molecule has 7 nitrogen and oxygen atoms in total. The van der Waals surface area contributed by atoms with Gasteiger partial charge in [-0.25, -0.2) is 4.79 Å². The summed E-state index contributed by atoms with van der Waals surface area (Å²) in [4.78, 5) is 29.3. The molecule has 0 N–H and O–H groups in total. The molecular formula is C14H21N5O2. The van der Waals surface area contributed by atoms with E-state index in [1.807, 2.05) is 20.5 Å². The number of hydrogen-bond donors (Lipinski definition) is 0. The fourth-order valence-corrected chi connectivity index (χ4v) is 3.10. The van der Waals surface area contributed by atoms with Crippen LogP contribution < -0.4 is 0 Å². The normalized spacial score (nSPS) is 21.6. The van der Waals surface area contributed by atoms with E-state index in [0.29, 0.717) is 26.1 Å². The highest BCUT2D eigenvalue weighted by Crippen LogP contribution is 2.23. The van der Waals surface area contributed by atoms with Gasteiger partial charge in [0.05, 0.1) is 18.3 Å². The van der Waals surface area contributed by atoms with Gasteiger partial charge in [-0.1, -0.05) is 0 Å². The molecule has 1 atom stereocenters. The van der Waals surface area contributed by atoms with Crippen LogP contribution >= 0.6 is 0 Å². The van der Waals surface area contributed by atoms with Gasteiger partial charge in [0.2, 0.25) is 5.91 Å². The van der Waals surface area contributed by atoms with Crippen LogP contribution in [0.5, 0.6) is 0 Å². The summed E-state index contributed by atoms with van der Waals surface area (Å²) in [6.07, 6.45) is 3.33. The summed E-state index contributed by atoms with van der Waals surface area (Å²) in [7, 11) is 3.51. The van der Waals surface area contributed by atoms with Crippen molar-refractivity contribution >= 4 is 11.9 Å². The van der Waals surface area contributed by atoms with Crippen LogP contribution in [0.1, 0.15) is 24.6 Å². The van der Waals surface area contributed by atoms with Crippen molar-refractivity contribution in [2.45, 2.75) is 25.4 Å². The van der Waals surface area contributed by atoms with E-state index >= 15 is 0 Å². The molecule has 0 radical (unpaired) electrons. The van der Waals surface area contributed by atoms with E-state index in [1.54, 1.807) is 25.2 Å². The molecule has 3 rings (SSSR count). The van der Waals surface area contributed by atoms with E-state index in [0.717, 1.165) is 18.7 Å². The van der Waals surface area contributed by atoms with E-state index < -0.39 is 0 Å². The molecule has 21 heavy (non-hydrogen) atoms. The standard InChI is InChI=1S/C14H21N5O2/c1-16(2)14(21)18-8-11-5-6-15-19(11)12(10-18)9-17-7-3-4-13(17)20/h5-6,12H,3-4,7-10H2,1-2H3/t12-/m1/s1. The molecule has 3 amide bonds. The van der Waals surface area contributed by atoms with Crippen molar-refractivity contribution in [2.24, 2.45) is 0 Å². The van der Waals surface area contributed by atoms with Crippen LogP contribution in [-0.4, -0.2) is 70.1 Å². The van der Waals surface area contributed by atoms with Gasteiger partial charge in [-0.2, -0.15) is 5.10 Å².